The van der Waals surface area contributed by atoms with Gasteiger partial charge in [-0.2, -0.15) is 0 Å². The molecule has 29 heavy (non-hydrogen) atoms. The normalized spacial score (nSPS) is 14.1. The Bertz CT molecular complexity index is 1040. The van der Waals surface area contributed by atoms with Gasteiger partial charge < -0.3 is 24.8 Å². The predicted octanol–water partition coefficient (Wildman–Crippen LogP) is -1.12. The number of allylic oxidation sites excluding steroid dienone is 4. The Morgan fingerprint density at radius 3 is 1.83 bits per heavy atom. The fraction of sp³-hybridized carbons (Fsp3) is 0.360. The van der Waals surface area contributed by atoms with Gasteiger partial charge in [0, 0.05) is 0 Å². The molecule has 0 aliphatic heterocycles. The maximum atomic E-state index is 2.50. The van der Waals surface area contributed by atoms with Gasteiger partial charge in [-0.3, -0.25) is 0 Å². The summed E-state index contributed by atoms with van der Waals surface area (Å²) in [6, 6.07) is 0. The molecule has 0 fully saturated rings. The van der Waals surface area contributed by atoms with Crippen LogP contribution in [0.1, 0.15) is 50.4 Å². The van der Waals surface area contributed by atoms with Gasteiger partial charge in [-0.25, -0.2) is 0 Å². The zero-order valence-corrected chi connectivity index (χ0v) is 23.6. The summed E-state index contributed by atoms with van der Waals surface area (Å²) >= 11 is 1.56. The minimum atomic E-state index is -0.886. The van der Waals surface area contributed by atoms with Crippen molar-refractivity contribution in [2.75, 3.05) is 0 Å². The van der Waals surface area contributed by atoms with E-state index in [1.807, 2.05) is 0 Å². The van der Waals surface area contributed by atoms with E-state index in [9.17, 15) is 0 Å². The molecule has 0 atom stereocenters. The summed E-state index contributed by atoms with van der Waals surface area (Å²) in [7, 11) is -0.886. The average Bonchev–Trinajstić information content (AvgIpc) is 3.26. The van der Waals surface area contributed by atoms with Crippen molar-refractivity contribution in [3.63, 3.8) is 0 Å². The molecular formula is C25H29Cl2SiZr. The molecule has 0 radical (unpaired) electrons. The first kappa shape index (κ1) is 24.9. The third kappa shape index (κ3) is 3.63. The molecule has 2 aromatic rings. The second kappa shape index (κ2) is 8.99. The van der Waals surface area contributed by atoms with Crippen LogP contribution in [0.3, 0.4) is 0 Å². The zero-order chi connectivity index (χ0) is 19.6. The first-order valence-electron chi connectivity index (χ1n) is 10.1. The third-order valence-electron chi connectivity index (χ3n) is 7.01. The van der Waals surface area contributed by atoms with Crippen LogP contribution >= 0.6 is 0 Å². The van der Waals surface area contributed by atoms with E-state index < -0.39 is 8.80 Å². The Balaban J connectivity index is 0.00000150. The average molecular weight is 520 g/mol. The maximum absolute atomic E-state index is 2.50. The van der Waals surface area contributed by atoms with Gasteiger partial charge in [-0.05, 0) is 0 Å². The zero-order valence-electron chi connectivity index (χ0n) is 18.4. The number of benzene rings is 2. The summed E-state index contributed by atoms with van der Waals surface area (Å²) in [5.74, 6) is 0.468. The molecule has 2 aromatic carbocycles. The summed E-state index contributed by atoms with van der Waals surface area (Å²) < 4.78 is 1.61. The van der Waals surface area contributed by atoms with Gasteiger partial charge in [0.25, 0.3) is 0 Å². The van der Waals surface area contributed by atoms with Crippen molar-refractivity contribution in [1.82, 2.24) is 0 Å². The molecule has 0 amide bonds. The Morgan fingerprint density at radius 1 is 0.759 bits per heavy atom. The Hall–Kier alpha value is -0.400. The molecule has 0 aromatic heterocycles. The van der Waals surface area contributed by atoms with Crippen LogP contribution in [0.2, 0.25) is 13.1 Å². The summed E-state index contributed by atoms with van der Waals surface area (Å²) in [5, 5.41) is 1.73. The van der Waals surface area contributed by atoms with Crippen LogP contribution in [0.4, 0.5) is 0 Å². The number of rotatable bonds is 2. The van der Waals surface area contributed by atoms with Crippen molar-refractivity contribution < 1.29 is 49.5 Å². The predicted molar refractivity (Wildman–Crippen MR) is 118 cm³/mol. The first-order chi connectivity index (χ1) is 12.8. The first-order valence-corrected chi connectivity index (χ1v) is 14.2. The van der Waals surface area contributed by atoms with Gasteiger partial charge in [0.05, 0.1) is 0 Å². The molecule has 2 aliphatic carbocycles. The molecule has 4 heteroatoms. The minimum absolute atomic E-state index is 0. The molecule has 0 heterocycles. The number of hydrogen-bond acceptors (Lipinski definition) is 0. The summed E-state index contributed by atoms with van der Waals surface area (Å²) in [4.78, 5) is 0. The molecule has 0 N–H and O–H groups in total. The van der Waals surface area contributed by atoms with Gasteiger partial charge in [0.2, 0.25) is 0 Å². The smallest absolute Gasteiger partial charge is 1.00 e. The van der Waals surface area contributed by atoms with E-state index in [2.05, 4.69) is 72.0 Å². The van der Waals surface area contributed by atoms with Crippen LogP contribution in [-0.4, -0.2) is 8.80 Å². The Labute approximate surface area is 205 Å². The second-order valence-corrected chi connectivity index (χ2v) is 12.8. The van der Waals surface area contributed by atoms with Crippen LogP contribution in [0.5, 0.6) is 0 Å². The molecule has 0 saturated heterocycles. The Kier molecular flexibility index (Phi) is 7.71. The van der Waals surface area contributed by atoms with Crippen molar-refractivity contribution in [2.45, 2.75) is 60.1 Å². The van der Waals surface area contributed by atoms with Crippen LogP contribution in [0.25, 0.3) is 11.1 Å². The maximum Gasteiger partial charge on any atom is -1.00 e. The fourth-order valence-corrected chi connectivity index (χ4v) is 8.81. The van der Waals surface area contributed by atoms with E-state index in [1.54, 1.807) is 66.6 Å². The molecule has 0 nitrogen and oxygen atoms in total. The topological polar surface area (TPSA) is 0 Å². The van der Waals surface area contributed by atoms with Gasteiger partial charge in [-0.15, -0.1) is 0 Å². The number of halogens is 2. The molecule has 0 unspecified atom stereocenters. The number of fused-ring (bicyclic) bond motifs is 3. The summed E-state index contributed by atoms with van der Waals surface area (Å²) in [6.07, 6.45) is 10.3. The van der Waals surface area contributed by atoms with E-state index in [0.29, 0.717) is 5.92 Å². The van der Waals surface area contributed by atoms with E-state index in [-0.39, 0.29) is 24.8 Å². The van der Waals surface area contributed by atoms with Gasteiger partial charge in [-0.1, -0.05) is 0 Å². The minimum Gasteiger partial charge on any atom is -1.00 e. The Morgan fingerprint density at radius 2 is 1.28 bits per heavy atom. The summed E-state index contributed by atoms with van der Waals surface area (Å²) in [5.41, 5.74) is 15.7. The molecule has 0 spiro atoms. The van der Waals surface area contributed by atoms with E-state index in [1.165, 1.54) is 22.3 Å². The van der Waals surface area contributed by atoms with Gasteiger partial charge in [0.1, 0.15) is 0 Å². The monoisotopic (exact) mass is 517 g/mol. The van der Waals surface area contributed by atoms with E-state index >= 15 is 0 Å². The van der Waals surface area contributed by atoms with E-state index in [4.69, 9.17) is 0 Å². The molecule has 2 aliphatic rings. The quantitative estimate of drug-likeness (QED) is 0.377. The van der Waals surface area contributed by atoms with Gasteiger partial charge in [0.15, 0.2) is 0 Å². The largest absolute Gasteiger partial charge is 1.00 e. The molecule has 151 valence electrons. The number of hydrogen-bond donors (Lipinski definition) is 0. The van der Waals surface area contributed by atoms with Crippen LogP contribution in [0, 0.1) is 34.6 Å². The van der Waals surface area contributed by atoms with Crippen molar-refractivity contribution in [3.8, 4) is 11.1 Å². The van der Waals surface area contributed by atoms with Crippen LogP contribution < -0.4 is 33.3 Å². The third-order valence-corrected chi connectivity index (χ3v) is 10.3. The second-order valence-electron chi connectivity index (χ2n) is 8.66. The summed E-state index contributed by atoms with van der Waals surface area (Å²) in [6.45, 7) is 16.8. The SMILES string of the molecule is Cc1c(C)c2c(c([SiH](C)C)c1C)Cc1[c]([Zr+2])c(C3C=CC=C3)c(C)c(C)c1-2.[Cl-].[Cl-]. The molecule has 0 bridgehead atoms. The van der Waals surface area contributed by atoms with Crippen molar-refractivity contribution in [3.05, 3.63) is 68.8 Å². The fourth-order valence-electron chi connectivity index (χ4n) is 5.39. The van der Waals surface area contributed by atoms with E-state index in [0.717, 1.165) is 6.42 Å². The van der Waals surface area contributed by atoms with Crippen LogP contribution in [0.15, 0.2) is 24.3 Å². The molecule has 4 rings (SSSR count). The van der Waals surface area contributed by atoms with Crippen molar-refractivity contribution >= 4 is 17.3 Å². The van der Waals surface area contributed by atoms with Crippen molar-refractivity contribution in [1.29, 1.82) is 0 Å². The molecular weight excluding hydrogens is 490 g/mol. The van der Waals surface area contributed by atoms with Crippen LogP contribution in [-0.2, 0) is 31.1 Å². The molecule has 0 saturated carbocycles. The van der Waals surface area contributed by atoms with Gasteiger partial charge >= 0.3 is 182 Å². The van der Waals surface area contributed by atoms with Crippen molar-refractivity contribution in [2.24, 2.45) is 0 Å². The standard InChI is InChI=1S/C25H29Si.2ClH.Zr/c1-14-16(3)24-22(25(18(14)5)26(6)7)13-20-12-21(19-10-8-9-11-19)15(2)17(4)23(20)24;;;/h8-11,19,26H,13H2,1-7H3;2*1H;/q;;;+2/p-2.